The number of methoxy groups -OCH3 is 1. The number of aromatic nitrogens is 4. The van der Waals surface area contributed by atoms with E-state index >= 15 is 0 Å². The quantitative estimate of drug-likeness (QED) is 0.386. The Balaban J connectivity index is 1.39. The van der Waals surface area contributed by atoms with Gasteiger partial charge in [-0.2, -0.15) is 5.10 Å². The van der Waals surface area contributed by atoms with Crippen molar-refractivity contribution in [1.82, 2.24) is 25.1 Å². The van der Waals surface area contributed by atoms with Gasteiger partial charge in [0.1, 0.15) is 5.01 Å². The summed E-state index contributed by atoms with van der Waals surface area (Å²) in [7, 11) is 1.39. The number of carbonyl (C=O) groups excluding carboxylic acids is 2. The van der Waals surface area contributed by atoms with Crippen LogP contribution in [0.15, 0.2) is 54.2 Å². The fourth-order valence-electron chi connectivity index (χ4n) is 3.68. The van der Waals surface area contributed by atoms with Gasteiger partial charge in [0, 0.05) is 41.0 Å². The third-order valence-corrected chi connectivity index (χ3v) is 6.40. The number of hydrogen-bond acceptors (Lipinski definition) is 7. The van der Waals surface area contributed by atoms with Gasteiger partial charge in [0.15, 0.2) is 0 Å². The number of esters is 1. The van der Waals surface area contributed by atoms with Crippen LogP contribution in [0.5, 0.6) is 0 Å². The van der Waals surface area contributed by atoms with Crippen LogP contribution in [0.4, 0.5) is 0 Å². The predicted molar refractivity (Wildman–Crippen MR) is 130 cm³/mol. The second-order valence-electron chi connectivity index (χ2n) is 7.73. The zero-order valence-corrected chi connectivity index (χ0v) is 20.1. The molecule has 9 heteroatoms. The van der Waals surface area contributed by atoms with Crippen LogP contribution in [0, 0.1) is 13.8 Å². The Morgan fingerprint density at radius 1 is 1.09 bits per heavy atom. The van der Waals surface area contributed by atoms with E-state index in [1.54, 1.807) is 24.5 Å². The van der Waals surface area contributed by atoms with Gasteiger partial charge < -0.3 is 10.1 Å². The summed E-state index contributed by atoms with van der Waals surface area (Å²) >= 11 is 1.51. The smallest absolute Gasteiger partial charge is 0.305 e. The van der Waals surface area contributed by atoms with Crippen LogP contribution in [-0.4, -0.2) is 38.7 Å². The molecule has 0 aliphatic rings. The van der Waals surface area contributed by atoms with Crippen molar-refractivity contribution in [2.45, 2.75) is 33.2 Å². The maximum absolute atomic E-state index is 12.6. The lowest BCUT2D eigenvalue weighted by atomic mass is 10.1. The average Bonchev–Trinajstić information content (AvgIpc) is 3.46. The number of carbonyl (C=O) groups is 2. The van der Waals surface area contributed by atoms with Gasteiger partial charge in [-0.05, 0) is 62.2 Å². The number of nitrogens with zero attached hydrogens (tertiary/aromatic N) is 4. The molecule has 0 saturated heterocycles. The zero-order chi connectivity index (χ0) is 24.1. The molecule has 174 valence electrons. The van der Waals surface area contributed by atoms with Crippen LogP contribution < -0.4 is 5.32 Å². The van der Waals surface area contributed by atoms with E-state index in [0.29, 0.717) is 24.9 Å². The number of amides is 1. The first-order valence-corrected chi connectivity index (χ1v) is 11.7. The van der Waals surface area contributed by atoms with Crippen LogP contribution in [0.25, 0.3) is 16.9 Å². The number of nitrogens with one attached hydrogen (secondary N) is 1. The van der Waals surface area contributed by atoms with Gasteiger partial charge in [0.25, 0.3) is 5.91 Å². The first kappa shape index (κ1) is 23.3. The number of benzene rings is 1. The summed E-state index contributed by atoms with van der Waals surface area (Å²) in [6.07, 6.45) is 4.35. The molecule has 0 atom stereocenters. The number of aryl methyl sites for hydroxylation is 1. The molecule has 0 spiro atoms. The van der Waals surface area contributed by atoms with Gasteiger partial charge >= 0.3 is 5.97 Å². The van der Waals surface area contributed by atoms with E-state index < -0.39 is 0 Å². The maximum atomic E-state index is 12.6. The Morgan fingerprint density at radius 3 is 2.53 bits per heavy atom. The molecule has 0 radical (unpaired) electrons. The molecule has 1 amide bonds. The monoisotopic (exact) mass is 475 g/mol. The Kier molecular flexibility index (Phi) is 7.12. The Morgan fingerprint density at radius 2 is 1.82 bits per heavy atom. The summed E-state index contributed by atoms with van der Waals surface area (Å²) in [5, 5.41) is 10.3. The first-order chi connectivity index (χ1) is 16.5. The van der Waals surface area contributed by atoms with Crippen molar-refractivity contribution in [2.75, 3.05) is 7.11 Å². The van der Waals surface area contributed by atoms with Gasteiger partial charge in [-0.15, -0.1) is 11.3 Å². The van der Waals surface area contributed by atoms with Gasteiger partial charge in [-0.25, -0.2) is 9.67 Å². The van der Waals surface area contributed by atoms with Crippen molar-refractivity contribution >= 4 is 23.2 Å². The SMILES string of the molecule is COC(=O)CCc1c(C)nn(-c2ccc(C(=O)NCc3nc(-c4ccncc4)cs3)cc2)c1C. The normalized spacial score (nSPS) is 10.8. The molecule has 0 aliphatic carbocycles. The maximum Gasteiger partial charge on any atom is 0.305 e. The van der Waals surface area contributed by atoms with Crippen LogP contribution in [0.1, 0.15) is 38.7 Å². The Bertz CT molecular complexity index is 1300. The molecule has 1 aromatic carbocycles. The van der Waals surface area contributed by atoms with Crippen LogP contribution in [-0.2, 0) is 22.5 Å². The van der Waals surface area contributed by atoms with Crippen LogP contribution in [0.3, 0.4) is 0 Å². The van der Waals surface area contributed by atoms with E-state index in [2.05, 4.69) is 20.4 Å². The lowest BCUT2D eigenvalue weighted by Crippen LogP contribution is -2.22. The van der Waals surface area contributed by atoms with Crippen molar-refractivity contribution in [3.63, 3.8) is 0 Å². The largest absolute Gasteiger partial charge is 0.469 e. The lowest BCUT2D eigenvalue weighted by molar-refractivity contribution is -0.140. The van der Waals surface area contributed by atoms with E-state index in [9.17, 15) is 9.59 Å². The van der Waals surface area contributed by atoms with E-state index in [0.717, 1.165) is 38.9 Å². The molecule has 0 unspecified atom stereocenters. The molecule has 0 saturated carbocycles. The summed E-state index contributed by atoms with van der Waals surface area (Å²) in [4.78, 5) is 32.7. The van der Waals surface area contributed by atoms with E-state index in [1.165, 1.54) is 18.4 Å². The van der Waals surface area contributed by atoms with Crippen LogP contribution in [0.2, 0.25) is 0 Å². The summed E-state index contributed by atoms with van der Waals surface area (Å²) in [6.45, 7) is 4.26. The van der Waals surface area contributed by atoms with Crippen molar-refractivity contribution in [2.24, 2.45) is 0 Å². The van der Waals surface area contributed by atoms with Gasteiger partial charge in [0.05, 0.1) is 30.7 Å². The lowest BCUT2D eigenvalue weighted by Gasteiger charge is -2.08. The highest BCUT2D eigenvalue weighted by atomic mass is 32.1. The van der Waals surface area contributed by atoms with Gasteiger partial charge in [-0.1, -0.05) is 0 Å². The second kappa shape index (κ2) is 10.4. The fraction of sp³-hybridized carbons (Fsp3) is 0.240. The van der Waals surface area contributed by atoms with Crippen LogP contribution >= 0.6 is 11.3 Å². The Hall–Kier alpha value is -3.85. The van der Waals surface area contributed by atoms with Crippen molar-refractivity contribution in [1.29, 1.82) is 0 Å². The molecule has 4 rings (SSSR count). The second-order valence-corrected chi connectivity index (χ2v) is 8.67. The summed E-state index contributed by atoms with van der Waals surface area (Å²) < 4.78 is 6.57. The molecule has 3 heterocycles. The average molecular weight is 476 g/mol. The number of pyridine rings is 1. The number of thiazole rings is 1. The van der Waals surface area contributed by atoms with Gasteiger partial charge in [0.2, 0.25) is 0 Å². The minimum atomic E-state index is -0.242. The molecular formula is C25H25N5O3S. The standard InChI is InChI=1S/C25H25N5O3S/c1-16-21(8-9-24(31)33-3)17(2)30(29-16)20-6-4-19(5-7-20)25(32)27-14-23-28-22(15-34-23)18-10-12-26-13-11-18/h4-7,10-13,15H,8-9,14H2,1-3H3,(H,27,32). The highest BCUT2D eigenvalue weighted by Gasteiger charge is 2.15. The molecule has 0 bridgehead atoms. The zero-order valence-electron chi connectivity index (χ0n) is 19.2. The third kappa shape index (κ3) is 5.20. The van der Waals surface area contributed by atoms with E-state index in [4.69, 9.17) is 4.74 Å². The number of ether oxygens (including phenoxy) is 1. The Labute approximate surface area is 201 Å². The minimum Gasteiger partial charge on any atom is -0.469 e. The molecule has 1 N–H and O–H groups in total. The van der Waals surface area contributed by atoms with Gasteiger partial charge in [-0.3, -0.25) is 14.6 Å². The molecule has 0 fully saturated rings. The summed E-state index contributed by atoms with van der Waals surface area (Å²) in [5.41, 5.74) is 6.14. The summed E-state index contributed by atoms with van der Waals surface area (Å²) in [5.74, 6) is -0.410. The number of hydrogen-bond donors (Lipinski definition) is 1. The molecule has 3 aromatic heterocycles. The summed E-state index contributed by atoms with van der Waals surface area (Å²) in [6, 6.07) is 11.1. The first-order valence-electron chi connectivity index (χ1n) is 10.8. The van der Waals surface area contributed by atoms with E-state index in [1.807, 2.05) is 48.2 Å². The molecule has 4 aromatic rings. The molecule has 0 aliphatic heterocycles. The van der Waals surface area contributed by atoms with Crippen molar-refractivity contribution in [3.05, 3.63) is 81.7 Å². The number of rotatable bonds is 8. The minimum absolute atomic E-state index is 0.167. The fourth-order valence-corrected chi connectivity index (χ4v) is 4.42. The molecule has 8 nitrogen and oxygen atoms in total. The van der Waals surface area contributed by atoms with Crippen molar-refractivity contribution < 1.29 is 14.3 Å². The predicted octanol–water partition coefficient (Wildman–Crippen LogP) is 4.04. The molecule has 34 heavy (non-hydrogen) atoms. The highest BCUT2D eigenvalue weighted by molar-refractivity contribution is 7.09. The topological polar surface area (TPSA) is 99.0 Å². The van der Waals surface area contributed by atoms with E-state index in [-0.39, 0.29) is 11.9 Å². The molecular weight excluding hydrogens is 450 g/mol. The highest BCUT2D eigenvalue weighted by Crippen LogP contribution is 2.22. The third-order valence-electron chi connectivity index (χ3n) is 5.55. The van der Waals surface area contributed by atoms with Crippen molar-refractivity contribution in [3.8, 4) is 16.9 Å².